The summed E-state index contributed by atoms with van der Waals surface area (Å²) in [5.41, 5.74) is 1.83. The molecule has 0 spiro atoms. The van der Waals surface area contributed by atoms with Crippen LogP contribution in [0.5, 0.6) is 0 Å². The van der Waals surface area contributed by atoms with Gasteiger partial charge >= 0.3 is 0 Å². The van der Waals surface area contributed by atoms with Gasteiger partial charge in [0.05, 0.1) is 12.1 Å². The molecule has 1 aromatic rings. The monoisotopic (exact) mass is 438 g/mol. The highest BCUT2D eigenvalue weighted by Gasteiger charge is 2.35. The SMILES string of the molecule is CC1C=CC=C(CC2CN=C(n3cc(C(=O)NC4CN5CCC4CC5)ccc3=O)S2)C1. The van der Waals surface area contributed by atoms with Gasteiger partial charge in [0.1, 0.15) is 0 Å². The van der Waals surface area contributed by atoms with Crippen molar-refractivity contribution < 1.29 is 4.79 Å². The summed E-state index contributed by atoms with van der Waals surface area (Å²) < 4.78 is 1.55. The number of nitrogens with one attached hydrogen (secondary N) is 1. The van der Waals surface area contributed by atoms with Crippen molar-refractivity contribution in [3.8, 4) is 0 Å². The van der Waals surface area contributed by atoms with Crippen LogP contribution in [0.25, 0.3) is 0 Å². The number of nitrogens with zero attached hydrogens (tertiary/aromatic N) is 3. The van der Waals surface area contributed by atoms with Crippen LogP contribution in [0.15, 0.2) is 51.9 Å². The summed E-state index contributed by atoms with van der Waals surface area (Å²) in [4.78, 5) is 32.5. The van der Waals surface area contributed by atoms with E-state index in [9.17, 15) is 9.59 Å². The molecule has 31 heavy (non-hydrogen) atoms. The van der Waals surface area contributed by atoms with Crippen molar-refractivity contribution in [3.63, 3.8) is 0 Å². The maximum Gasteiger partial charge on any atom is 0.256 e. The number of hydrogen-bond acceptors (Lipinski definition) is 5. The Kier molecular flexibility index (Phi) is 5.89. The van der Waals surface area contributed by atoms with Crippen molar-refractivity contribution in [1.82, 2.24) is 14.8 Å². The zero-order valence-electron chi connectivity index (χ0n) is 18.0. The molecule has 5 heterocycles. The van der Waals surface area contributed by atoms with Gasteiger partial charge in [-0.1, -0.05) is 42.5 Å². The van der Waals surface area contributed by atoms with Crippen molar-refractivity contribution in [2.24, 2.45) is 16.8 Å². The van der Waals surface area contributed by atoms with Crippen molar-refractivity contribution >= 4 is 22.8 Å². The van der Waals surface area contributed by atoms with Crippen LogP contribution in [0, 0.1) is 11.8 Å². The predicted octanol–water partition coefficient (Wildman–Crippen LogP) is 2.90. The first kappa shape index (κ1) is 20.8. The summed E-state index contributed by atoms with van der Waals surface area (Å²) >= 11 is 1.65. The molecule has 164 valence electrons. The van der Waals surface area contributed by atoms with Crippen LogP contribution >= 0.6 is 11.8 Å². The molecule has 4 aliphatic heterocycles. The van der Waals surface area contributed by atoms with Gasteiger partial charge in [-0.25, -0.2) is 0 Å². The second-order valence-corrected chi connectivity index (χ2v) is 10.6. The van der Waals surface area contributed by atoms with E-state index in [0.29, 0.717) is 34.4 Å². The summed E-state index contributed by atoms with van der Waals surface area (Å²) in [6, 6.07) is 3.32. The summed E-state index contributed by atoms with van der Waals surface area (Å²) in [6.07, 6.45) is 12.7. The van der Waals surface area contributed by atoms with Crippen LogP contribution in [0.3, 0.4) is 0 Å². The van der Waals surface area contributed by atoms with E-state index in [1.165, 1.54) is 11.6 Å². The molecule has 3 fully saturated rings. The molecule has 6 rings (SSSR count). The summed E-state index contributed by atoms with van der Waals surface area (Å²) in [5, 5.41) is 4.26. The Bertz CT molecular complexity index is 1000. The van der Waals surface area contributed by atoms with E-state index in [1.807, 2.05) is 0 Å². The van der Waals surface area contributed by atoms with E-state index >= 15 is 0 Å². The first-order chi connectivity index (χ1) is 15.0. The van der Waals surface area contributed by atoms with E-state index in [4.69, 9.17) is 0 Å². The molecule has 0 radical (unpaired) electrons. The zero-order chi connectivity index (χ0) is 21.4. The Morgan fingerprint density at radius 1 is 1.29 bits per heavy atom. The molecule has 3 saturated heterocycles. The average Bonchev–Trinajstić information content (AvgIpc) is 3.23. The first-order valence-corrected chi connectivity index (χ1v) is 12.3. The fraction of sp³-hybridized carbons (Fsp3) is 0.542. The summed E-state index contributed by atoms with van der Waals surface area (Å²) in [7, 11) is 0. The van der Waals surface area contributed by atoms with Gasteiger partial charge in [-0.15, -0.1) is 0 Å². The highest BCUT2D eigenvalue weighted by Crippen LogP contribution is 2.31. The minimum absolute atomic E-state index is 0.0965. The Morgan fingerprint density at radius 2 is 2.13 bits per heavy atom. The maximum atomic E-state index is 12.9. The highest BCUT2D eigenvalue weighted by atomic mass is 32.2. The van der Waals surface area contributed by atoms with E-state index in [0.717, 1.165) is 45.3 Å². The fourth-order valence-corrected chi connectivity index (χ4v) is 6.32. The highest BCUT2D eigenvalue weighted by molar-refractivity contribution is 8.14. The Morgan fingerprint density at radius 3 is 2.87 bits per heavy atom. The van der Waals surface area contributed by atoms with Crippen LogP contribution in [-0.4, -0.2) is 58.0 Å². The minimum atomic E-state index is -0.139. The number of carbonyl (C=O) groups is 1. The van der Waals surface area contributed by atoms with Crippen molar-refractivity contribution in [1.29, 1.82) is 0 Å². The van der Waals surface area contributed by atoms with Crippen LogP contribution < -0.4 is 10.9 Å². The standard InChI is InChI=1S/C24H30N4O2S/c1-16-3-2-4-17(11-16)12-20-13-25-24(31-20)28-14-19(5-6-22(28)29)23(30)26-21-15-27-9-7-18(21)8-10-27/h2-6,14,16,18,20-21H,7-13,15H2,1H3,(H,26,30). The first-order valence-electron chi connectivity index (χ1n) is 11.4. The van der Waals surface area contributed by atoms with Gasteiger partial charge in [-0.2, -0.15) is 0 Å². The molecular formula is C24H30N4O2S. The van der Waals surface area contributed by atoms with E-state index in [-0.39, 0.29) is 17.5 Å². The topological polar surface area (TPSA) is 66.7 Å². The van der Waals surface area contributed by atoms with Crippen molar-refractivity contribution in [3.05, 3.63) is 58.0 Å². The van der Waals surface area contributed by atoms with Gasteiger partial charge in [0.15, 0.2) is 5.17 Å². The third kappa shape index (κ3) is 4.58. The van der Waals surface area contributed by atoms with Crippen LogP contribution in [-0.2, 0) is 0 Å². The summed E-state index contributed by atoms with van der Waals surface area (Å²) in [5.74, 6) is 1.06. The minimum Gasteiger partial charge on any atom is -0.348 e. The molecule has 3 unspecified atom stereocenters. The average molecular weight is 439 g/mol. The van der Waals surface area contributed by atoms with Crippen LogP contribution in [0.1, 0.15) is 43.0 Å². The normalized spacial score (nSPS) is 32.0. The lowest BCUT2D eigenvalue weighted by Gasteiger charge is -2.44. The molecule has 7 heteroatoms. The molecule has 5 aliphatic rings. The Labute approximate surface area is 187 Å². The van der Waals surface area contributed by atoms with E-state index in [1.54, 1.807) is 28.6 Å². The number of allylic oxidation sites excluding steroid dienone is 4. The van der Waals surface area contributed by atoms with Crippen molar-refractivity contribution in [2.75, 3.05) is 26.2 Å². The molecular weight excluding hydrogens is 408 g/mol. The van der Waals surface area contributed by atoms with Crippen LogP contribution in [0.4, 0.5) is 0 Å². The van der Waals surface area contributed by atoms with Gasteiger partial charge in [0, 0.05) is 30.1 Å². The molecule has 1 N–H and O–H groups in total. The Hall–Kier alpha value is -2.12. The number of amides is 1. The predicted molar refractivity (Wildman–Crippen MR) is 126 cm³/mol. The van der Waals surface area contributed by atoms with Gasteiger partial charge in [0.25, 0.3) is 11.5 Å². The zero-order valence-corrected chi connectivity index (χ0v) is 18.8. The molecule has 0 saturated carbocycles. The second kappa shape index (κ2) is 8.79. The van der Waals surface area contributed by atoms with Gasteiger partial charge < -0.3 is 10.2 Å². The maximum absolute atomic E-state index is 12.9. The number of rotatable bonds is 4. The molecule has 1 aromatic heterocycles. The molecule has 3 atom stereocenters. The fourth-order valence-electron chi connectivity index (χ4n) is 5.17. The lowest BCUT2D eigenvalue weighted by atomic mass is 9.84. The largest absolute Gasteiger partial charge is 0.348 e. The van der Waals surface area contributed by atoms with Crippen molar-refractivity contribution in [2.45, 2.75) is 43.9 Å². The third-order valence-electron chi connectivity index (χ3n) is 6.90. The lowest BCUT2D eigenvalue weighted by Crippen LogP contribution is -2.57. The van der Waals surface area contributed by atoms with Gasteiger partial charge in [-0.3, -0.25) is 19.1 Å². The van der Waals surface area contributed by atoms with Gasteiger partial charge in [0.2, 0.25) is 0 Å². The number of aromatic nitrogens is 1. The number of hydrogen-bond donors (Lipinski definition) is 1. The Balaban J connectivity index is 1.25. The quantitative estimate of drug-likeness (QED) is 0.785. The molecule has 1 amide bonds. The molecule has 6 nitrogen and oxygen atoms in total. The number of piperidine rings is 3. The number of carbonyl (C=O) groups excluding carboxylic acids is 1. The third-order valence-corrected chi connectivity index (χ3v) is 8.09. The number of pyridine rings is 1. The smallest absolute Gasteiger partial charge is 0.256 e. The van der Waals surface area contributed by atoms with Crippen LogP contribution in [0.2, 0.25) is 0 Å². The van der Waals surface area contributed by atoms with Gasteiger partial charge in [-0.05, 0) is 56.7 Å². The lowest BCUT2D eigenvalue weighted by molar-refractivity contribution is 0.0620. The number of aliphatic imine (C=N–C) groups is 1. The number of fused-ring (bicyclic) bond motifs is 3. The molecule has 0 aromatic carbocycles. The molecule has 2 bridgehead atoms. The number of thioether (sulfide) groups is 1. The van der Waals surface area contributed by atoms with E-state index in [2.05, 4.69) is 40.4 Å². The summed E-state index contributed by atoms with van der Waals surface area (Å²) in [6.45, 7) is 6.17. The van der Waals surface area contributed by atoms with E-state index < -0.39 is 0 Å². The molecule has 1 aliphatic carbocycles. The second-order valence-electron chi connectivity index (χ2n) is 9.30.